The molecule has 0 amide bonds. The largest absolute Gasteiger partial charge is 0.496 e. The van der Waals surface area contributed by atoms with Crippen LogP contribution in [0.4, 0.5) is 0 Å². The van der Waals surface area contributed by atoms with Gasteiger partial charge in [-0.25, -0.2) is 9.59 Å². The Morgan fingerprint density at radius 2 is 2.00 bits per heavy atom. The Morgan fingerprint density at radius 1 is 1.26 bits per heavy atom. The first-order valence-electron chi connectivity index (χ1n) is 6.13. The Labute approximate surface area is 133 Å². The van der Waals surface area contributed by atoms with E-state index in [4.69, 9.17) is 22.1 Å². The minimum atomic E-state index is -1.06. The summed E-state index contributed by atoms with van der Waals surface area (Å²) in [6.07, 6.45) is 0. The number of H-pyrrole nitrogens is 2. The number of aromatic amines is 2. The molecule has 0 spiro atoms. The van der Waals surface area contributed by atoms with E-state index in [1.807, 2.05) is 4.98 Å². The van der Waals surface area contributed by atoms with Crippen molar-refractivity contribution >= 4 is 23.4 Å². The van der Waals surface area contributed by atoms with E-state index in [9.17, 15) is 14.4 Å². The minimum absolute atomic E-state index is 0.176. The van der Waals surface area contributed by atoms with E-state index >= 15 is 0 Å². The van der Waals surface area contributed by atoms with Gasteiger partial charge in [0.05, 0.1) is 12.7 Å². The third-order valence-electron chi connectivity index (χ3n) is 2.64. The standard InChI is InChI=1S/C13H11ClN4O5/c1-22-9-3-2-6(14)4-7(9)11(15)18-23-12(20)8-5-10(19)17-13(21)16-8/h2-5H,1H3,(H2,15,18)(H2,16,17,19,21). The van der Waals surface area contributed by atoms with Crippen LogP contribution in [-0.4, -0.2) is 28.9 Å². The van der Waals surface area contributed by atoms with Crippen molar-refractivity contribution in [3.05, 3.63) is 61.4 Å². The molecule has 1 heterocycles. The predicted molar refractivity (Wildman–Crippen MR) is 81.8 cm³/mol. The van der Waals surface area contributed by atoms with E-state index in [1.54, 1.807) is 12.1 Å². The molecule has 0 fully saturated rings. The quantitative estimate of drug-likeness (QED) is 0.315. The fourth-order valence-electron chi connectivity index (χ4n) is 1.65. The number of oxime groups is 1. The van der Waals surface area contributed by atoms with Crippen LogP contribution in [0, 0.1) is 0 Å². The third kappa shape index (κ3) is 3.98. The highest BCUT2D eigenvalue weighted by atomic mass is 35.5. The number of carbonyl (C=O) groups is 1. The second kappa shape index (κ2) is 6.79. The molecule has 9 nitrogen and oxygen atoms in total. The van der Waals surface area contributed by atoms with Gasteiger partial charge in [-0.2, -0.15) is 0 Å². The molecular weight excluding hydrogens is 328 g/mol. The van der Waals surface area contributed by atoms with Gasteiger partial charge < -0.3 is 20.3 Å². The molecule has 0 aliphatic rings. The van der Waals surface area contributed by atoms with E-state index in [2.05, 4.69) is 15.0 Å². The van der Waals surface area contributed by atoms with Gasteiger partial charge in [0.25, 0.3) is 5.56 Å². The monoisotopic (exact) mass is 338 g/mol. The number of amidine groups is 1. The van der Waals surface area contributed by atoms with E-state index in [-0.39, 0.29) is 11.5 Å². The molecule has 2 rings (SSSR count). The number of rotatable bonds is 4. The second-order valence-electron chi connectivity index (χ2n) is 4.20. The van der Waals surface area contributed by atoms with E-state index in [0.29, 0.717) is 16.3 Å². The van der Waals surface area contributed by atoms with E-state index in [0.717, 1.165) is 6.07 Å². The van der Waals surface area contributed by atoms with Crippen molar-refractivity contribution in [2.75, 3.05) is 7.11 Å². The van der Waals surface area contributed by atoms with Crippen molar-refractivity contribution in [3.8, 4) is 5.75 Å². The average molecular weight is 339 g/mol. The fourth-order valence-corrected chi connectivity index (χ4v) is 1.82. The summed E-state index contributed by atoms with van der Waals surface area (Å²) >= 11 is 5.86. The van der Waals surface area contributed by atoms with Crippen molar-refractivity contribution in [1.29, 1.82) is 0 Å². The molecule has 0 saturated heterocycles. The first-order valence-corrected chi connectivity index (χ1v) is 6.51. The zero-order valence-electron chi connectivity index (χ0n) is 11.8. The Balaban J connectivity index is 2.25. The van der Waals surface area contributed by atoms with Gasteiger partial charge in [0.1, 0.15) is 11.4 Å². The Morgan fingerprint density at radius 3 is 2.65 bits per heavy atom. The Hall–Kier alpha value is -3.07. The fraction of sp³-hybridized carbons (Fsp3) is 0.0769. The van der Waals surface area contributed by atoms with Gasteiger partial charge in [-0.1, -0.05) is 16.8 Å². The molecule has 10 heteroatoms. The molecule has 2 aromatic rings. The molecule has 0 aliphatic heterocycles. The highest BCUT2D eigenvalue weighted by molar-refractivity contribution is 6.31. The lowest BCUT2D eigenvalue weighted by atomic mass is 10.2. The first-order chi connectivity index (χ1) is 10.9. The summed E-state index contributed by atoms with van der Waals surface area (Å²) in [5.74, 6) is -0.863. The molecule has 1 aromatic carbocycles. The molecular formula is C13H11ClN4O5. The van der Waals surface area contributed by atoms with Gasteiger partial charge in [-0.05, 0) is 18.2 Å². The maximum atomic E-state index is 11.7. The molecule has 0 unspecified atom stereocenters. The molecule has 0 saturated carbocycles. The summed E-state index contributed by atoms with van der Waals surface area (Å²) in [6, 6.07) is 5.48. The number of aromatic nitrogens is 2. The lowest BCUT2D eigenvalue weighted by Gasteiger charge is -2.07. The van der Waals surface area contributed by atoms with Gasteiger partial charge >= 0.3 is 11.7 Å². The van der Waals surface area contributed by atoms with Crippen LogP contribution >= 0.6 is 11.6 Å². The number of hydrogen-bond acceptors (Lipinski definition) is 6. The number of nitrogens with two attached hydrogens (primary N) is 1. The van der Waals surface area contributed by atoms with E-state index in [1.165, 1.54) is 13.2 Å². The van der Waals surface area contributed by atoms with Gasteiger partial charge in [0, 0.05) is 11.1 Å². The normalized spacial score (nSPS) is 11.1. The van der Waals surface area contributed by atoms with Crippen LogP contribution in [0.25, 0.3) is 0 Å². The van der Waals surface area contributed by atoms with Crippen LogP contribution in [0.15, 0.2) is 39.0 Å². The number of methoxy groups -OCH3 is 1. The highest BCUT2D eigenvalue weighted by Crippen LogP contribution is 2.22. The van der Waals surface area contributed by atoms with Crippen molar-refractivity contribution in [2.45, 2.75) is 0 Å². The maximum Gasteiger partial charge on any atom is 0.382 e. The Bertz CT molecular complexity index is 858. The molecule has 0 atom stereocenters. The molecule has 23 heavy (non-hydrogen) atoms. The summed E-state index contributed by atoms with van der Waals surface area (Å²) in [6.45, 7) is 0. The van der Waals surface area contributed by atoms with Crippen LogP contribution in [0.5, 0.6) is 5.75 Å². The lowest BCUT2D eigenvalue weighted by Crippen LogP contribution is -2.25. The van der Waals surface area contributed by atoms with Crippen LogP contribution in [0.2, 0.25) is 5.02 Å². The molecule has 0 bridgehead atoms. The average Bonchev–Trinajstić information content (AvgIpc) is 2.51. The summed E-state index contributed by atoms with van der Waals surface area (Å²) in [5.41, 5.74) is 4.06. The highest BCUT2D eigenvalue weighted by Gasteiger charge is 2.12. The number of halogens is 1. The SMILES string of the molecule is COc1ccc(Cl)cc1/C(N)=N/OC(=O)c1cc(=O)[nH]c(=O)[nH]1. The topological polar surface area (TPSA) is 140 Å². The number of hydrogen-bond donors (Lipinski definition) is 3. The van der Waals surface area contributed by atoms with Crippen molar-refractivity contribution in [3.63, 3.8) is 0 Å². The summed E-state index contributed by atoms with van der Waals surface area (Å²) in [4.78, 5) is 42.6. The molecule has 0 aliphatic carbocycles. The molecule has 0 radical (unpaired) electrons. The van der Waals surface area contributed by atoms with Gasteiger partial charge in [-0.3, -0.25) is 9.78 Å². The third-order valence-corrected chi connectivity index (χ3v) is 2.88. The number of carbonyl (C=O) groups excluding carboxylic acids is 1. The maximum absolute atomic E-state index is 11.7. The van der Waals surface area contributed by atoms with Crippen LogP contribution in [-0.2, 0) is 4.84 Å². The molecule has 1 aromatic heterocycles. The first kappa shape index (κ1) is 16.3. The summed E-state index contributed by atoms with van der Waals surface area (Å²) in [5, 5.41) is 3.83. The number of nitrogens with one attached hydrogen (secondary N) is 2. The smallest absolute Gasteiger partial charge is 0.382 e. The Kier molecular flexibility index (Phi) is 4.82. The summed E-state index contributed by atoms with van der Waals surface area (Å²) in [7, 11) is 1.42. The van der Waals surface area contributed by atoms with Gasteiger partial charge in [-0.15, -0.1) is 0 Å². The van der Waals surface area contributed by atoms with Crippen LogP contribution in [0.1, 0.15) is 16.1 Å². The van der Waals surface area contributed by atoms with E-state index < -0.39 is 17.2 Å². The summed E-state index contributed by atoms with van der Waals surface area (Å²) < 4.78 is 5.09. The van der Waals surface area contributed by atoms with Crippen molar-refractivity contribution in [2.24, 2.45) is 10.9 Å². The molecule has 120 valence electrons. The van der Waals surface area contributed by atoms with Crippen molar-refractivity contribution < 1.29 is 14.4 Å². The lowest BCUT2D eigenvalue weighted by molar-refractivity contribution is 0.0508. The minimum Gasteiger partial charge on any atom is -0.496 e. The predicted octanol–water partition coefficient (Wildman–Crippen LogP) is 0.203. The van der Waals surface area contributed by atoms with Crippen molar-refractivity contribution in [1.82, 2.24) is 9.97 Å². The zero-order chi connectivity index (χ0) is 17.0. The second-order valence-corrected chi connectivity index (χ2v) is 4.64. The number of nitrogens with zero attached hydrogens (tertiary/aromatic N) is 1. The van der Waals surface area contributed by atoms with Gasteiger partial charge in [0.15, 0.2) is 5.84 Å². The number of benzene rings is 1. The van der Waals surface area contributed by atoms with Crippen LogP contribution in [0.3, 0.4) is 0 Å². The molecule has 4 N–H and O–H groups in total. The number of ether oxygens (including phenoxy) is 1. The zero-order valence-corrected chi connectivity index (χ0v) is 12.5. The van der Waals surface area contributed by atoms with Crippen LogP contribution < -0.4 is 21.7 Å². The van der Waals surface area contributed by atoms with Gasteiger partial charge in [0.2, 0.25) is 0 Å².